The van der Waals surface area contributed by atoms with Crippen molar-refractivity contribution < 1.29 is 19.4 Å². The Kier molecular flexibility index (Phi) is 6.75. The number of amides is 2. The van der Waals surface area contributed by atoms with Gasteiger partial charge in [0, 0.05) is 27.1 Å². The second-order valence-corrected chi connectivity index (χ2v) is 9.60. The Morgan fingerprint density at radius 3 is 2.27 bits per heavy atom. The molecule has 6 heteroatoms. The highest BCUT2D eigenvalue weighted by Gasteiger charge is 2.44. The minimum Gasteiger partial charge on any atom is -0.507 e. The van der Waals surface area contributed by atoms with E-state index < -0.39 is 0 Å². The van der Waals surface area contributed by atoms with Gasteiger partial charge in [-0.1, -0.05) is 33.8 Å². The molecule has 0 unspecified atom stereocenters. The van der Waals surface area contributed by atoms with E-state index in [1.165, 1.54) is 6.92 Å². The summed E-state index contributed by atoms with van der Waals surface area (Å²) in [6.45, 7) is 11.1. The first-order chi connectivity index (χ1) is 14.1. The first-order valence-electron chi connectivity index (χ1n) is 11.1. The van der Waals surface area contributed by atoms with Crippen molar-refractivity contribution in [2.45, 2.75) is 71.4 Å². The molecule has 4 atom stereocenters. The number of likely N-dealkylation sites (tertiary alicyclic amines) is 1. The van der Waals surface area contributed by atoms with Crippen LogP contribution in [0.15, 0.2) is 12.1 Å². The fraction of sp³-hybridized carbons (Fsp3) is 0.667. The number of nitrogens with one attached hydrogen (secondary N) is 1. The fourth-order valence-electron chi connectivity index (χ4n) is 5.04. The summed E-state index contributed by atoms with van der Waals surface area (Å²) in [4.78, 5) is 26.9. The predicted octanol–water partition coefficient (Wildman–Crippen LogP) is 3.64. The van der Waals surface area contributed by atoms with Crippen LogP contribution in [0.5, 0.6) is 5.75 Å². The molecule has 166 valence electrons. The average Bonchev–Trinajstić information content (AvgIpc) is 3.08. The summed E-state index contributed by atoms with van der Waals surface area (Å²) in [6, 6.07) is 3.86. The molecule has 1 aliphatic carbocycles. The molecular weight excluding hydrogens is 380 g/mol. The van der Waals surface area contributed by atoms with Crippen molar-refractivity contribution in [3.63, 3.8) is 0 Å². The summed E-state index contributed by atoms with van der Waals surface area (Å²) >= 11 is 0. The number of methoxy groups -OCH3 is 1. The summed E-state index contributed by atoms with van der Waals surface area (Å²) in [7, 11) is 1.68. The Morgan fingerprint density at radius 2 is 1.73 bits per heavy atom. The van der Waals surface area contributed by atoms with Crippen molar-refractivity contribution in [1.82, 2.24) is 10.2 Å². The first kappa shape index (κ1) is 22.6. The number of rotatable bonds is 5. The van der Waals surface area contributed by atoms with Gasteiger partial charge in [-0.3, -0.25) is 9.59 Å². The molecule has 2 aliphatic rings. The number of ether oxygens (including phenoxy) is 1. The summed E-state index contributed by atoms with van der Waals surface area (Å²) in [5.74, 6) is 1.05. The SMILES string of the molecule is CO[C@@H]1C[C@H]2CN(C(=O)c3cc(C(C)C)cc(C(C)C)c3O)C[C@H]2C[C@H]1NC(C)=O. The second-order valence-electron chi connectivity index (χ2n) is 9.60. The van der Waals surface area contributed by atoms with E-state index in [2.05, 4.69) is 19.2 Å². The largest absolute Gasteiger partial charge is 0.507 e. The summed E-state index contributed by atoms with van der Waals surface area (Å²) in [6.07, 6.45) is 1.60. The Bertz CT molecular complexity index is 805. The number of phenolic OH excluding ortho intramolecular Hbond substituents is 1. The zero-order valence-electron chi connectivity index (χ0n) is 19.1. The van der Waals surface area contributed by atoms with Crippen LogP contribution in [0.1, 0.15) is 80.8 Å². The monoisotopic (exact) mass is 416 g/mol. The van der Waals surface area contributed by atoms with Gasteiger partial charge in [-0.05, 0) is 53.7 Å². The molecule has 1 aliphatic heterocycles. The minimum absolute atomic E-state index is 0.0194. The Labute approximate surface area is 180 Å². The number of hydrogen-bond donors (Lipinski definition) is 2. The van der Waals surface area contributed by atoms with Gasteiger partial charge in [-0.2, -0.15) is 0 Å². The number of aromatic hydroxyl groups is 1. The third-order valence-corrected chi connectivity index (χ3v) is 6.78. The highest BCUT2D eigenvalue weighted by Crippen LogP contribution is 2.40. The highest BCUT2D eigenvalue weighted by atomic mass is 16.5. The molecule has 3 rings (SSSR count). The van der Waals surface area contributed by atoms with Gasteiger partial charge in [0.05, 0.1) is 17.7 Å². The van der Waals surface area contributed by atoms with E-state index >= 15 is 0 Å². The number of phenols is 1. The third-order valence-electron chi connectivity index (χ3n) is 6.78. The van der Waals surface area contributed by atoms with E-state index in [4.69, 9.17) is 4.74 Å². The third kappa shape index (κ3) is 4.48. The van der Waals surface area contributed by atoms with Gasteiger partial charge < -0.3 is 20.1 Å². The van der Waals surface area contributed by atoms with Gasteiger partial charge in [0.2, 0.25) is 5.91 Å². The lowest BCUT2D eigenvalue weighted by molar-refractivity contribution is -0.121. The average molecular weight is 417 g/mol. The standard InChI is InChI=1S/C24H36N2O4/c1-13(2)16-7-19(14(3)4)23(28)20(8-16)24(29)26-11-17-9-21(25-15(5)27)22(30-6)10-18(17)12-26/h7-8,13-14,17-18,21-22,28H,9-12H2,1-6H3,(H,25,27)/t17-,18+,21-,22-/m1/s1. The van der Waals surface area contributed by atoms with Crippen LogP contribution < -0.4 is 5.32 Å². The quantitative estimate of drug-likeness (QED) is 0.768. The van der Waals surface area contributed by atoms with Crippen LogP contribution in [0.2, 0.25) is 0 Å². The molecule has 0 bridgehead atoms. The normalized spacial score (nSPS) is 26.2. The van der Waals surface area contributed by atoms with Crippen LogP contribution in [0.3, 0.4) is 0 Å². The predicted molar refractivity (Wildman–Crippen MR) is 117 cm³/mol. The molecule has 0 spiro atoms. The highest BCUT2D eigenvalue weighted by molar-refractivity contribution is 5.97. The molecule has 2 fully saturated rings. The number of nitrogens with zero attached hydrogens (tertiary/aromatic N) is 1. The maximum atomic E-state index is 13.4. The maximum absolute atomic E-state index is 13.4. The molecule has 0 aromatic heterocycles. The van der Waals surface area contributed by atoms with Crippen molar-refractivity contribution in [2.24, 2.45) is 11.8 Å². The van der Waals surface area contributed by atoms with E-state index in [1.54, 1.807) is 7.11 Å². The van der Waals surface area contributed by atoms with Crippen LogP contribution >= 0.6 is 0 Å². The molecule has 1 aromatic rings. The van der Waals surface area contributed by atoms with Crippen molar-refractivity contribution in [3.8, 4) is 5.75 Å². The van der Waals surface area contributed by atoms with E-state index in [1.807, 2.05) is 30.9 Å². The Hall–Kier alpha value is -2.08. The Morgan fingerprint density at radius 1 is 1.10 bits per heavy atom. The number of fused-ring (bicyclic) bond motifs is 1. The molecule has 0 radical (unpaired) electrons. The molecule has 1 saturated heterocycles. The lowest BCUT2D eigenvalue weighted by Crippen LogP contribution is -2.49. The van der Waals surface area contributed by atoms with Gasteiger partial charge in [-0.15, -0.1) is 0 Å². The zero-order chi connectivity index (χ0) is 22.2. The number of hydrogen-bond acceptors (Lipinski definition) is 4. The van der Waals surface area contributed by atoms with E-state index in [0.717, 1.165) is 24.0 Å². The van der Waals surface area contributed by atoms with Crippen LogP contribution in [0.4, 0.5) is 0 Å². The van der Waals surface area contributed by atoms with E-state index in [9.17, 15) is 14.7 Å². The summed E-state index contributed by atoms with van der Waals surface area (Å²) in [5, 5.41) is 13.9. The molecule has 1 aromatic carbocycles. The van der Waals surface area contributed by atoms with E-state index in [-0.39, 0.29) is 41.5 Å². The van der Waals surface area contributed by atoms with Crippen LogP contribution in [-0.2, 0) is 9.53 Å². The summed E-state index contributed by atoms with van der Waals surface area (Å²) in [5.41, 5.74) is 2.30. The molecule has 6 nitrogen and oxygen atoms in total. The molecule has 2 amide bonds. The smallest absolute Gasteiger partial charge is 0.257 e. The van der Waals surface area contributed by atoms with Gasteiger partial charge >= 0.3 is 0 Å². The number of carbonyl (C=O) groups excluding carboxylic acids is 2. The van der Waals surface area contributed by atoms with Gasteiger partial charge in [0.15, 0.2) is 0 Å². The van der Waals surface area contributed by atoms with E-state index in [0.29, 0.717) is 30.5 Å². The maximum Gasteiger partial charge on any atom is 0.257 e. The molecule has 2 N–H and O–H groups in total. The van der Waals surface area contributed by atoms with Crippen molar-refractivity contribution in [3.05, 3.63) is 28.8 Å². The van der Waals surface area contributed by atoms with Crippen molar-refractivity contribution >= 4 is 11.8 Å². The molecule has 1 saturated carbocycles. The van der Waals surface area contributed by atoms with Crippen molar-refractivity contribution in [1.29, 1.82) is 0 Å². The van der Waals surface area contributed by atoms with Gasteiger partial charge in [-0.25, -0.2) is 0 Å². The zero-order valence-corrected chi connectivity index (χ0v) is 19.1. The van der Waals surface area contributed by atoms with Crippen LogP contribution in [0, 0.1) is 11.8 Å². The fourth-order valence-corrected chi connectivity index (χ4v) is 5.04. The molecular formula is C24H36N2O4. The minimum atomic E-state index is -0.101. The second kappa shape index (κ2) is 8.96. The Balaban J connectivity index is 1.83. The molecule has 30 heavy (non-hydrogen) atoms. The number of benzene rings is 1. The van der Waals surface area contributed by atoms with Crippen LogP contribution in [-0.4, -0.2) is 54.2 Å². The van der Waals surface area contributed by atoms with Gasteiger partial charge in [0.1, 0.15) is 5.75 Å². The lowest BCUT2D eigenvalue weighted by atomic mass is 9.77. The first-order valence-corrected chi connectivity index (χ1v) is 11.1. The topological polar surface area (TPSA) is 78.9 Å². The van der Waals surface area contributed by atoms with Gasteiger partial charge in [0.25, 0.3) is 5.91 Å². The molecule has 1 heterocycles. The number of carbonyl (C=O) groups is 2. The van der Waals surface area contributed by atoms with Crippen LogP contribution in [0.25, 0.3) is 0 Å². The van der Waals surface area contributed by atoms with Crippen molar-refractivity contribution in [2.75, 3.05) is 20.2 Å². The summed E-state index contributed by atoms with van der Waals surface area (Å²) < 4.78 is 5.64. The lowest BCUT2D eigenvalue weighted by Gasteiger charge is -2.37.